The molecule has 0 aromatic heterocycles. The van der Waals surface area contributed by atoms with E-state index in [0.29, 0.717) is 12.0 Å². The zero-order valence-corrected chi connectivity index (χ0v) is 8.09. The van der Waals surface area contributed by atoms with Gasteiger partial charge >= 0.3 is 0 Å². The molecule has 11 heavy (non-hydrogen) atoms. The number of rotatable bonds is 4. The molecule has 0 saturated heterocycles. The van der Waals surface area contributed by atoms with Gasteiger partial charge in [-0.2, -0.15) is 0 Å². The molecular weight excluding hydrogens is 134 g/mol. The standard InChI is InChI=1S/C10H19N/c1-6-7-8-11(5)10(4)9(2)3/h1,9-10H,7-8H2,2-5H3. The molecule has 0 aliphatic rings. The molecule has 0 saturated carbocycles. The van der Waals surface area contributed by atoms with Crippen LogP contribution in [0, 0.1) is 18.3 Å². The van der Waals surface area contributed by atoms with E-state index in [1.165, 1.54) is 0 Å². The lowest BCUT2D eigenvalue weighted by atomic mass is 10.1. The molecule has 1 heteroatoms. The van der Waals surface area contributed by atoms with Crippen molar-refractivity contribution >= 4 is 0 Å². The van der Waals surface area contributed by atoms with Crippen molar-refractivity contribution in [3.63, 3.8) is 0 Å². The van der Waals surface area contributed by atoms with Crippen LogP contribution >= 0.6 is 0 Å². The third kappa shape index (κ3) is 4.06. The van der Waals surface area contributed by atoms with E-state index < -0.39 is 0 Å². The molecule has 64 valence electrons. The Labute approximate surface area is 70.8 Å². The van der Waals surface area contributed by atoms with Gasteiger partial charge in [0.05, 0.1) is 0 Å². The maximum Gasteiger partial charge on any atom is 0.0214 e. The van der Waals surface area contributed by atoms with Crippen LogP contribution in [0.4, 0.5) is 0 Å². The van der Waals surface area contributed by atoms with Crippen molar-refractivity contribution in [3.8, 4) is 12.3 Å². The molecule has 0 fully saturated rings. The molecule has 1 nitrogen and oxygen atoms in total. The third-order valence-corrected chi connectivity index (χ3v) is 2.27. The molecule has 1 unspecified atom stereocenters. The SMILES string of the molecule is C#CCCN(C)C(C)C(C)C. The minimum atomic E-state index is 0.628. The Morgan fingerprint density at radius 1 is 1.36 bits per heavy atom. The summed E-state index contributed by atoms with van der Waals surface area (Å²) in [6.45, 7) is 7.71. The first-order chi connectivity index (χ1) is 5.09. The first-order valence-corrected chi connectivity index (χ1v) is 4.23. The first-order valence-electron chi connectivity index (χ1n) is 4.23. The second-order valence-corrected chi connectivity index (χ2v) is 3.42. The summed E-state index contributed by atoms with van der Waals surface area (Å²) < 4.78 is 0. The zero-order chi connectivity index (χ0) is 8.85. The summed E-state index contributed by atoms with van der Waals surface area (Å²) in [7, 11) is 2.13. The van der Waals surface area contributed by atoms with Crippen molar-refractivity contribution < 1.29 is 0 Å². The second kappa shape index (κ2) is 5.21. The molecule has 0 spiro atoms. The summed E-state index contributed by atoms with van der Waals surface area (Å²) in [4.78, 5) is 2.31. The van der Waals surface area contributed by atoms with Crippen LogP contribution in [0.2, 0.25) is 0 Å². The molecule has 0 rings (SSSR count). The lowest BCUT2D eigenvalue weighted by Crippen LogP contribution is -2.33. The Balaban J connectivity index is 3.65. The van der Waals surface area contributed by atoms with Gasteiger partial charge in [0.2, 0.25) is 0 Å². The van der Waals surface area contributed by atoms with Crippen LogP contribution in [0.25, 0.3) is 0 Å². The van der Waals surface area contributed by atoms with Crippen LogP contribution in [-0.4, -0.2) is 24.5 Å². The van der Waals surface area contributed by atoms with E-state index in [4.69, 9.17) is 6.42 Å². The normalized spacial score (nSPS) is 13.5. The average Bonchev–Trinajstić information content (AvgIpc) is 1.98. The largest absolute Gasteiger partial charge is 0.302 e. The Kier molecular flexibility index (Phi) is 4.98. The van der Waals surface area contributed by atoms with Crippen molar-refractivity contribution in [2.75, 3.05) is 13.6 Å². The van der Waals surface area contributed by atoms with E-state index in [9.17, 15) is 0 Å². The molecule has 0 aromatic rings. The quantitative estimate of drug-likeness (QED) is 0.558. The van der Waals surface area contributed by atoms with Crippen LogP contribution in [-0.2, 0) is 0 Å². The van der Waals surface area contributed by atoms with Crippen LogP contribution in [0.3, 0.4) is 0 Å². The lowest BCUT2D eigenvalue weighted by Gasteiger charge is -2.26. The molecule has 0 aliphatic heterocycles. The fourth-order valence-electron chi connectivity index (χ4n) is 0.953. The number of hydrogen-bond acceptors (Lipinski definition) is 1. The third-order valence-electron chi connectivity index (χ3n) is 2.27. The van der Waals surface area contributed by atoms with Crippen LogP contribution in [0.5, 0.6) is 0 Å². The smallest absolute Gasteiger partial charge is 0.0214 e. The molecule has 0 bridgehead atoms. The van der Waals surface area contributed by atoms with Gasteiger partial charge < -0.3 is 4.90 Å². The van der Waals surface area contributed by atoms with E-state index >= 15 is 0 Å². The minimum Gasteiger partial charge on any atom is -0.302 e. The van der Waals surface area contributed by atoms with Crippen molar-refractivity contribution in [1.82, 2.24) is 4.90 Å². The number of terminal acetylenes is 1. The van der Waals surface area contributed by atoms with E-state index in [-0.39, 0.29) is 0 Å². The van der Waals surface area contributed by atoms with E-state index in [1.807, 2.05) is 0 Å². The van der Waals surface area contributed by atoms with Gasteiger partial charge in [-0.05, 0) is 19.9 Å². The molecule has 0 heterocycles. The first kappa shape index (κ1) is 10.5. The minimum absolute atomic E-state index is 0.628. The second-order valence-electron chi connectivity index (χ2n) is 3.42. The molecule has 0 amide bonds. The van der Waals surface area contributed by atoms with Crippen molar-refractivity contribution in [2.24, 2.45) is 5.92 Å². The average molecular weight is 153 g/mol. The Morgan fingerprint density at radius 2 is 1.91 bits per heavy atom. The number of nitrogens with zero attached hydrogens (tertiary/aromatic N) is 1. The maximum absolute atomic E-state index is 5.18. The Hall–Kier alpha value is -0.480. The van der Waals surface area contributed by atoms with Gasteiger partial charge in [-0.15, -0.1) is 12.3 Å². The van der Waals surface area contributed by atoms with Crippen molar-refractivity contribution in [1.29, 1.82) is 0 Å². The molecule has 0 N–H and O–H groups in total. The molecule has 0 aliphatic carbocycles. The van der Waals surface area contributed by atoms with E-state index in [2.05, 4.69) is 38.6 Å². The topological polar surface area (TPSA) is 3.24 Å². The van der Waals surface area contributed by atoms with Crippen molar-refractivity contribution in [3.05, 3.63) is 0 Å². The van der Waals surface area contributed by atoms with Gasteiger partial charge in [0.25, 0.3) is 0 Å². The summed E-state index contributed by atoms with van der Waals surface area (Å²) in [5.74, 6) is 3.36. The van der Waals surface area contributed by atoms with Gasteiger partial charge in [0, 0.05) is 19.0 Å². The predicted octanol–water partition coefficient (Wildman–Crippen LogP) is 1.99. The van der Waals surface area contributed by atoms with Gasteiger partial charge in [0.15, 0.2) is 0 Å². The highest BCUT2D eigenvalue weighted by molar-refractivity contribution is 4.85. The highest BCUT2D eigenvalue weighted by Crippen LogP contribution is 2.07. The van der Waals surface area contributed by atoms with Crippen LogP contribution in [0.15, 0.2) is 0 Å². The van der Waals surface area contributed by atoms with Crippen LogP contribution < -0.4 is 0 Å². The van der Waals surface area contributed by atoms with E-state index in [1.54, 1.807) is 0 Å². The fraction of sp³-hybridized carbons (Fsp3) is 0.800. The van der Waals surface area contributed by atoms with Crippen LogP contribution in [0.1, 0.15) is 27.2 Å². The molecular formula is C10H19N. The highest BCUT2D eigenvalue weighted by Gasteiger charge is 2.11. The summed E-state index contributed by atoms with van der Waals surface area (Å²) in [6, 6.07) is 0.628. The van der Waals surface area contributed by atoms with Gasteiger partial charge in [-0.1, -0.05) is 13.8 Å². The molecule has 0 aromatic carbocycles. The van der Waals surface area contributed by atoms with Crippen molar-refractivity contribution in [2.45, 2.75) is 33.2 Å². The maximum atomic E-state index is 5.18. The zero-order valence-electron chi connectivity index (χ0n) is 8.09. The summed E-state index contributed by atoms with van der Waals surface area (Å²) in [6.07, 6.45) is 6.03. The summed E-state index contributed by atoms with van der Waals surface area (Å²) >= 11 is 0. The Bertz CT molecular complexity index is 132. The van der Waals surface area contributed by atoms with Gasteiger partial charge in [-0.25, -0.2) is 0 Å². The molecule has 0 radical (unpaired) electrons. The van der Waals surface area contributed by atoms with Gasteiger partial charge in [0.1, 0.15) is 0 Å². The van der Waals surface area contributed by atoms with E-state index in [0.717, 1.165) is 13.0 Å². The Morgan fingerprint density at radius 3 is 2.27 bits per heavy atom. The summed E-state index contributed by atoms with van der Waals surface area (Å²) in [5.41, 5.74) is 0. The lowest BCUT2D eigenvalue weighted by molar-refractivity contribution is 0.212. The fourth-order valence-corrected chi connectivity index (χ4v) is 0.953. The number of hydrogen-bond donors (Lipinski definition) is 0. The van der Waals surface area contributed by atoms with Gasteiger partial charge in [-0.3, -0.25) is 0 Å². The highest BCUT2D eigenvalue weighted by atomic mass is 15.1. The monoisotopic (exact) mass is 153 g/mol. The molecule has 1 atom stereocenters. The summed E-state index contributed by atoms with van der Waals surface area (Å²) in [5, 5.41) is 0. The predicted molar refractivity (Wildman–Crippen MR) is 50.4 cm³/mol.